The number of amides is 1. The molecule has 0 bridgehead atoms. The second-order valence-electron chi connectivity index (χ2n) is 5.94. The van der Waals surface area contributed by atoms with Gasteiger partial charge >= 0.3 is 0 Å². The maximum absolute atomic E-state index is 12.5. The van der Waals surface area contributed by atoms with Gasteiger partial charge in [0.15, 0.2) is 0 Å². The molecular formula is C17H20N2O2S. The maximum Gasteiger partial charge on any atom is 0.273 e. The van der Waals surface area contributed by atoms with Gasteiger partial charge in [0.1, 0.15) is 10.7 Å². The summed E-state index contributed by atoms with van der Waals surface area (Å²) in [6.45, 7) is 5.15. The number of benzene rings is 1. The van der Waals surface area contributed by atoms with E-state index in [1.54, 1.807) is 4.90 Å². The van der Waals surface area contributed by atoms with Crippen LogP contribution in [0, 0.1) is 12.8 Å². The van der Waals surface area contributed by atoms with Gasteiger partial charge in [-0.1, -0.05) is 31.2 Å². The van der Waals surface area contributed by atoms with Crippen molar-refractivity contribution in [3.05, 3.63) is 40.9 Å². The molecule has 1 aromatic heterocycles. The summed E-state index contributed by atoms with van der Waals surface area (Å²) in [5.41, 5.74) is 2.70. The van der Waals surface area contributed by atoms with Gasteiger partial charge in [-0.15, -0.1) is 11.3 Å². The van der Waals surface area contributed by atoms with Crippen LogP contribution in [0.2, 0.25) is 0 Å². The van der Waals surface area contributed by atoms with Crippen LogP contribution in [0.15, 0.2) is 29.6 Å². The molecule has 3 rings (SSSR count). The van der Waals surface area contributed by atoms with E-state index in [1.807, 2.05) is 43.5 Å². The first-order valence-corrected chi connectivity index (χ1v) is 8.43. The zero-order chi connectivity index (χ0) is 15.7. The van der Waals surface area contributed by atoms with Crippen LogP contribution in [0.1, 0.15) is 29.4 Å². The number of hydrogen-bond acceptors (Lipinski definition) is 4. The highest BCUT2D eigenvalue weighted by Gasteiger charge is 2.29. The molecule has 0 saturated carbocycles. The lowest BCUT2D eigenvalue weighted by molar-refractivity contribution is 0.0246. The number of likely N-dealkylation sites (tertiary alicyclic amines) is 1. The number of carbonyl (C=O) groups is 1. The molecule has 1 amide bonds. The first-order valence-electron chi connectivity index (χ1n) is 7.55. The van der Waals surface area contributed by atoms with Crippen molar-refractivity contribution in [1.29, 1.82) is 0 Å². The number of hydrogen-bond donors (Lipinski definition) is 1. The van der Waals surface area contributed by atoms with E-state index >= 15 is 0 Å². The third kappa shape index (κ3) is 2.91. The third-order valence-electron chi connectivity index (χ3n) is 4.30. The van der Waals surface area contributed by atoms with Crippen LogP contribution in [-0.2, 0) is 0 Å². The molecule has 116 valence electrons. The summed E-state index contributed by atoms with van der Waals surface area (Å²) in [7, 11) is 0. The van der Waals surface area contributed by atoms with Gasteiger partial charge in [0.25, 0.3) is 5.91 Å². The zero-order valence-electron chi connectivity index (χ0n) is 12.8. The molecule has 5 heteroatoms. The average Bonchev–Trinajstić information content (AvgIpc) is 2.99. The topological polar surface area (TPSA) is 53.4 Å². The Labute approximate surface area is 134 Å². The fraction of sp³-hybridized carbons (Fsp3) is 0.412. The van der Waals surface area contributed by atoms with Gasteiger partial charge < -0.3 is 10.0 Å². The molecule has 1 fully saturated rings. The van der Waals surface area contributed by atoms with E-state index in [9.17, 15) is 9.90 Å². The van der Waals surface area contributed by atoms with Gasteiger partial charge in [0.2, 0.25) is 0 Å². The minimum Gasteiger partial charge on any atom is -0.391 e. The third-order valence-corrected chi connectivity index (χ3v) is 5.18. The van der Waals surface area contributed by atoms with E-state index < -0.39 is 6.10 Å². The molecule has 2 heterocycles. The number of carbonyl (C=O) groups excluding carboxylic acids is 1. The summed E-state index contributed by atoms with van der Waals surface area (Å²) in [6, 6.07) is 8.04. The zero-order valence-corrected chi connectivity index (χ0v) is 13.6. The normalized spacial score (nSPS) is 21.9. The summed E-state index contributed by atoms with van der Waals surface area (Å²) in [4.78, 5) is 18.8. The Morgan fingerprint density at radius 1 is 1.41 bits per heavy atom. The average molecular weight is 316 g/mol. The van der Waals surface area contributed by atoms with Crippen molar-refractivity contribution >= 4 is 17.2 Å². The molecule has 4 nitrogen and oxygen atoms in total. The van der Waals surface area contributed by atoms with Gasteiger partial charge in [-0.25, -0.2) is 4.98 Å². The largest absolute Gasteiger partial charge is 0.391 e. The second-order valence-corrected chi connectivity index (χ2v) is 6.80. The lowest BCUT2D eigenvalue weighted by Gasteiger charge is -2.33. The number of β-amino-alcohol motifs (C(OH)–C–C–N with tert-alkyl or cyclic N) is 1. The molecule has 1 aliphatic rings. The first-order chi connectivity index (χ1) is 10.6. The Balaban J connectivity index is 1.79. The molecule has 22 heavy (non-hydrogen) atoms. The number of nitrogens with zero attached hydrogens (tertiary/aromatic N) is 2. The van der Waals surface area contributed by atoms with Gasteiger partial charge in [0, 0.05) is 24.0 Å². The number of aryl methyl sites for hydroxylation is 1. The standard InChI is InChI=1S/C17H20N2O2S/c1-11-5-3-4-6-13(11)16-18-14(10-22-16)17(21)19-8-7-12(2)15(20)9-19/h3-6,10,12,15,20H,7-9H2,1-2H3. The Kier molecular flexibility index (Phi) is 4.27. The molecule has 0 aliphatic carbocycles. The summed E-state index contributed by atoms with van der Waals surface area (Å²) in [5, 5.41) is 12.6. The van der Waals surface area contributed by atoms with E-state index in [2.05, 4.69) is 4.98 Å². The van der Waals surface area contributed by atoms with Crippen molar-refractivity contribution in [2.45, 2.75) is 26.4 Å². The van der Waals surface area contributed by atoms with Crippen LogP contribution in [0.25, 0.3) is 10.6 Å². The molecule has 2 atom stereocenters. The van der Waals surface area contributed by atoms with E-state index in [4.69, 9.17) is 0 Å². The number of piperidine rings is 1. The minimum atomic E-state index is -0.438. The van der Waals surface area contributed by atoms with E-state index in [1.165, 1.54) is 11.3 Å². The predicted octanol–water partition coefficient (Wildman–Crippen LogP) is 2.96. The molecule has 1 aromatic carbocycles. The van der Waals surface area contributed by atoms with Crippen molar-refractivity contribution < 1.29 is 9.90 Å². The highest BCUT2D eigenvalue weighted by Crippen LogP contribution is 2.27. The van der Waals surface area contributed by atoms with Crippen LogP contribution >= 0.6 is 11.3 Å². The van der Waals surface area contributed by atoms with Crippen LogP contribution in [-0.4, -0.2) is 40.1 Å². The number of aliphatic hydroxyl groups is 1. The Morgan fingerprint density at radius 3 is 2.91 bits per heavy atom. The molecule has 2 aromatic rings. The van der Waals surface area contributed by atoms with Crippen molar-refractivity contribution in [3.8, 4) is 10.6 Å². The molecule has 1 aliphatic heterocycles. The fourth-order valence-corrected chi connectivity index (χ4v) is 3.59. The molecule has 2 unspecified atom stereocenters. The number of aliphatic hydroxyl groups excluding tert-OH is 1. The van der Waals surface area contributed by atoms with E-state index in [0.29, 0.717) is 18.8 Å². The van der Waals surface area contributed by atoms with E-state index in [0.717, 1.165) is 22.6 Å². The second kappa shape index (κ2) is 6.18. The highest BCUT2D eigenvalue weighted by atomic mass is 32.1. The van der Waals surface area contributed by atoms with Gasteiger partial charge in [-0.3, -0.25) is 4.79 Å². The smallest absolute Gasteiger partial charge is 0.273 e. The summed E-state index contributed by atoms with van der Waals surface area (Å²) < 4.78 is 0. The van der Waals surface area contributed by atoms with Crippen molar-refractivity contribution in [3.63, 3.8) is 0 Å². The monoisotopic (exact) mass is 316 g/mol. The van der Waals surface area contributed by atoms with Crippen molar-refractivity contribution in [1.82, 2.24) is 9.88 Å². The first kappa shape index (κ1) is 15.2. The van der Waals surface area contributed by atoms with Gasteiger partial charge in [-0.2, -0.15) is 0 Å². The van der Waals surface area contributed by atoms with Crippen LogP contribution in [0.5, 0.6) is 0 Å². The Bertz CT molecular complexity index is 683. The van der Waals surface area contributed by atoms with Gasteiger partial charge in [0.05, 0.1) is 6.10 Å². The Morgan fingerprint density at radius 2 is 2.18 bits per heavy atom. The maximum atomic E-state index is 12.5. The number of thiazole rings is 1. The molecule has 0 spiro atoms. The Hall–Kier alpha value is -1.72. The predicted molar refractivity (Wildman–Crippen MR) is 88.0 cm³/mol. The fourth-order valence-electron chi connectivity index (χ4n) is 2.70. The molecule has 0 radical (unpaired) electrons. The minimum absolute atomic E-state index is 0.0814. The van der Waals surface area contributed by atoms with Crippen molar-refractivity contribution in [2.75, 3.05) is 13.1 Å². The lowest BCUT2D eigenvalue weighted by atomic mass is 9.96. The lowest BCUT2D eigenvalue weighted by Crippen LogP contribution is -2.45. The SMILES string of the molecule is Cc1ccccc1-c1nc(C(=O)N2CCC(C)C(O)C2)cs1. The van der Waals surface area contributed by atoms with Crippen molar-refractivity contribution in [2.24, 2.45) is 5.92 Å². The summed E-state index contributed by atoms with van der Waals surface area (Å²) in [6.07, 6.45) is 0.397. The number of aromatic nitrogens is 1. The van der Waals surface area contributed by atoms with Crippen LogP contribution < -0.4 is 0 Å². The summed E-state index contributed by atoms with van der Waals surface area (Å²) >= 11 is 1.49. The number of rotatable bonds is 2. The highest BCUT2D eigenvalue weighted by molar-refractivity contribution is 7.13. The molecular weight excluding hydrogens is 296 g/mol. The molecule has 1 saturated heterocycles. The van der Waals surface area contributed by atoms with E-state index in [-0.39, 0.29) is 11.8 Å². The molecule has 1 N–H and O–H groups in total. The quantitative estimate of drug-likeness (QED) is 0.927. The van der Waals surface area contributed by atoms with Gasteiger partial charge in [-0.05, 0) is 24.8 Å². The summed E-state index contributed by atoms with van der Waals surface area (Å²) in [5.74, 6) is 0.170. The van der Waals surface area contributed by atoms with Crippen LogP contribution in [0.4, 0.5) is 0 Å². The van der Waals surface area contributed by atoms with Crippen LogP contribution in [0.3, 0.4) is 0 Å².